The summed E-state index contributed by atoms with van der Waals surface area (Å²) in [6, 6.07) is 2.78. The van der Waals surface area contributed by atoms with Crippen molar-refractivity contribution in [3.05, 3.63) is 23.3 Å². The zero-order valence-corrected chi connectivity index (χ0v) is 12.0. The smallest absolute Gasteiger partial charge is 0.303 e. The van der Waals surface area contributed by atoms with Gasteiger partial charge in [0.25, 0.3) is 0 Å². The average Bonchev–Trinajstić information content (AvgIpc) is 2.83. The monoisotopic (exact) mass is 313 g/mol. The number of ketones is 1. The van der Waals surface area contributed by atoms with Crippen molar-refractivity contribution in [2.75, 3.05) is 6.61 Å². The van der Waals surface area contributed by atoms with Crippen molar-refractivity contribution in [3.63, 3.8) is 0 Å². The first-order chi connectivity index (χ1) is 9.79. The van der Waals surface area contributed by atoms with Crippen LogP contribution in [-0.2, 0) is 21.2 Å². The van der Waals surface area contributed by atoms with Crippen LogP contribution in [0.15, 0.2) is 17.0 Å². The zero-order valence-electron chi connectivity index (χ0n) is 11.2. The van der Waals surface area contributed by atoms with Crippen LogP contribution >= 0.6 is 0 Å². The maximum atomic E-state index is 12.0. The lowest BCUT2D eigenvalue weighted by Gasteiger charge is -2.09. The molecule has 0 aliphatic carbocycles. The van der Waals surface area contributed by atoms with Crippen LogP contribution in [0, 0.1) is 0 Å². The molecule has 114 valence electrons. The first-order valence-corrected chi connectivity index (χ1v) is 7.91. The minimum absolute atomic E-state index is 0.0377. The maximum absolute atomic E-state index is 12.0. The fraction of sp³-hybridized carbons (Fsp3) is 0.385. The van der Waals surface area contributed by atoms with E-state index in [4.69, 9.17) is 15.0 Å². The molecule has 0 bridgehead atoms. The van der Waals surface area contributed by atoms with E-state index in [0.29, 0.717) is 18.6 Å². The summed E-state index contributed by atoms with van der Waals surface area (Å²) in [4.78, 5) is 22.3. The topological polar surface area (TPSA) is 124 Å². The SMILES string of the molecule is NS(=O)(=O)c1cc(C(=O)CCCC(=O)O)cc2c1OCC2. The van der Waals surface area contributed by atoms with E-state index < -0.39 is 16.0 Å². The summed E-state index contributed by atoms with van der Waals surface area (Å²) in [5.74, 6) is -1.08. The Balaban J connectivity index is 2.29. The lowest BCUT2D eigenvalue weighted by Crippen LogP contribution is -2.14. The molecular weight excluding hydrogens is 298 g/mol. The zero-order chi connectivity index (χ0) is 15.6. The quantitative estimate of drug-likeness (QED) is 0.745. The number of carbonyl (C=O) groups excluding carboxylic acids is 1. The third-order valence-electron chi connectivity index (χ3n) is 3.17. The molecule has 0 saturated heterocycles. The Hall–Kier alpha value is -1.93. The number of carbonyl (C=O) groups is 2. The highest BCUT2D eigenvalue weighted by atomic mass is 32.2. The molecule has 2 rings (SSSR count). The molecule has 0 radical (unpaired) electrons. The molecule has 1 aliphatic heterocycles. The summed E-state index contributed by atoms with van der Waals surface area (Å²) < 4.78 is 28.4. The molecule has 0 unspecified atom stereocenters. The minimum Gasteiger partial charge on any atom is -0.492 e. The number of carboxylic acids is 1. The fourth-order valence-corrected chi connectivity index (χ4v) is 2.93. The number of rotatable bonds is 6. The summed E-state index contributed by atoms with van der Waals surface area (Å²) in [6.07, 6.45) is 0.637. The number of benzene rings is 1. The lowest BCUT2D eigenvalue weighted by molar-refractivity contribution is -0.137. The van der Waals surface area contributed by atoms with Crippen LogP contribution in [0.1, 0.15) is 35.2 Å². The third-order valence-corrected chi connectivity index (χ3v) is 4.09. The van der Waals surface area contributed by atoms with Crippen LogP contribution < -0.4 is 9.88 Å². The molecule has 8 heteroatoms. The van der Waals surface area contributed by atoms with Crippen LogP contribution in [0.3, 0.4) is 0 Å². The van der Waals surface area contributed by atoms with Gasteiger partial charge in [0.05, 0.1) is 6.61 Å². The molecule has 0 aromatic heterocycles. The van der Waals surface area contributed by atoms with Gasteiger partial charge in [-0.1, -0.05) is 0 Å². The van der Waals surface area contributed by atoms with Gasteiger partial charge in [0.2, 0.25) is 10.0 Å². The Labute approximate surface area is 121 Å². The Morgan fingerprint density at radius 2 is 2.00 bits per heavy atom. The molecule has 0 fully saturated rings. The number of hydrogen-bond acceptors (Lipinski definition) is 5. The van der Waals surface area contributed by atoms with Crippen molar-refractivity contribution < 1.29 is 27.9 Å². The van der Waals surface area contributed by atoms with Gasteiger partial charge in [-0.15, -0.1) is 0 Å². The van der Waals surface area contributed by atoms with Crippen molar-refractivity contribution in [1.29, 1.82) is 0 Å². The van der Waals surface area contributed by atoms with E-state index in [-0.39, 0.29) is 41.3 Å². The first kappa shape index (κ1) is 15.5. The van der Waals surface area contributed by atoms with Gasteiger partial charge in [0.1, 0.15) is 10.6 Å². The van der Waals surface area contributed by atoms with Crippen LogP contribution in [0.25, 0.3) is 0 Å². The average molecular weight is 313 g/mol. The Morgan fingerprint density at radius 3 is 2.62 bits per heavy atom. The van der Waals surface area contributed by atoms with E-state index in [0.717, 1.165) is 0 Å². The number of sulfonamides is 1. The molecule has 1 heterocycles. The number of aliphatic carboxylic acids is 1. The standard InChI is InChI=1S/C13H15NO6S/c14-21(18,19)11-7-9(6-8-4-5-20-13(8)11)10(15)2-1-3-12(16)17/h6-7H,1-5H2,(H,16,17)(H2,14,18,19). The highest BCUT2D eigenvalue weighted by molar-refractivity contribution is 7.89. The van der Waals surface area contributed by atoms with Gasteiger partial charge in [-0.3, -0.25) is 9.59 Å². The van der Waals surface area contributed by atoms with Crippen molar-refractivity contribution >= 4 is 21.8 Å². The molecule has 1 aromatic carbocycles. The van der Waals surface area contributed by atoms with E-state index in [1.165, 1.54) is 6.07 Å². The highest BCUT2D eigenvalue weighted by Gasteiger charge is 2.25. The second-order valence-electron chi connectivity index (χ2n) is 4.78. The van der Waals surface area contributed by atoms with Crippen molar-refractivity contribution in [3.8, 4) is 5.75 Å². The van der Waals surface area contributed by atoms with Crippen molar-refractivity contribution in [2.45, 2.75) is 30.6 Å². The normalized spacial score (nSPS) is 13.6. The van der Waals surface area contributed by atoms with Crippen LogP contribution in [0.5, 0.6) is 5.75 Å². The number of carboxylic acid groups (broad SMARTS) is 1. The van der Waals surface area contributed by atoms with Crippen molar-refractivity contribution in [2.24, 2.45) is 5.14 Å². The Kier molecular flexibility index (Phi) is 4.29. The van der Waals surface area contributed by atoms with Gasteiger partial charge in [-0.25, -0.2) is 13.6 Å². The van der Waals surface area contributed by atoms with Gasteiger partial charge in [-0.05, 0) is 24.1 Å². The summed E-state index contributed by atoms with van der Waals surface area (Å²) in [6.45, 7) is 0.342. The molecular formula is C13H15NO6S. The fourth-order valence-electron chi connectivity index (χ4n) is 2.19. The van der Waals surface area contributed by atoms with Gasteiger partial charge in [-0.2, -0.15) is 0 Å². The molecule has 0 saturated carbocycles. The minimum atomic E-state index is -3.99. The van der Waals surface area contributed by atoms with Gasteiger partial charge in [0, 0.05) is 24.8 Å². The summed E-state index contributed by atoms with van der Waals surface area (Å²) in [5, 5.41) is 13.7. The second-order valence-corrected chi connectivity index (χ2v) is 6.31. The Morgan fingerprint density at radius 1 is 1.29 bits per heavy atom. The van der Waals surface area contributed by atoms with E-state index in [9.17, 15) is 18.0 Å². The number of primary sulfonamides is 1. The molecule has 0 atom stereocenters. The third kappa shape index (κ3) is 3.59. The molecule has 1 aromatic rings. The van der Waals surface area contributed by atoms with E-state index in [1.54, 1.807) is 6.07 Å². The summed E-state index contributed by atoms with van der Waals surface area (Å²) >= 11 is 0. The maximum Gasteiger partial charge on any atom is 0.303 e. The largest absolute Gasteiger partial charge is 0.492 e. The van der Waals surface area contributed by atoms with Gasteiger partial charge in [0.15, 0.2) is 5.78 Å². The van der Waals surface area contributed by atoms with Crippen LogP contribution in [-0.4, -0.2) is 31.9 Å². The second kappa shape index (κ2) is 5.82. The molecule has 0 spiro atoms. The van der Waals surface area contributed by atoms with Crippen LogP contribution in [0.2, 0.25) is 0 Å². The summed E-state index contributed by atoms with van der Waals surface area (Å²) in [7, 11) is -3.99. The number of nitrogens with two attached hydrogens (primary N) is 1. The van der Waals surface area contributed by atoms with Gasteiger partial charge < -0.3 is 9.84 Å². The molecule has 7 nitrogen and oxygen atoms in total. The van der Waals surface area contributed by atoms with Crippen LogP contribution in [0.4, 0.5) is 0 Å². The van der Waals surface area contributed by atoms with Gasteiger partial charge >= 0.3 is 5.97 Å². The number of ether oxygens (including phenoxy) is 1. The van der Waals surface area contributed by atoms with E-state index in [2.05, 4.69) is 0 Å². The van der Waals surface area contributed by atoms with E-state index in [1.807, 2.05) is 0 Å². The molecule has 21 heavy (non-hydrogen) atoms. The van der Waals surface area contributed by atoms with E-state index >= 15 is 0 Å². The number of Topliss-reactive ketones (excluding diaryl/α,β-unsaturated/α-hetero) is 1. The molecule has 3 N–H and O–H groups in total. The lowest BCUT2D eigenvalue weighted by atomic mass is 10.0. The predicted molar refractivity (Wildman–Crippen MR) is 72.8 cm³/mol. The molecule has 1 aliphatic rings. The first-order valence-electron chi connectivity index (χ1n) is 6.36. The van der Waals surface area contributed by atoms with Crippen molar-refractivity contribution in [1.82, 2.24) is 0 Å². The highest BCUT2D eigenvalue weighted by Crippen LogP contribution is 2.34. The number of fused-ring (bicyclic) bond motifs is 1. The Bertz CT molecular complexity index is 695. The number of hydrogen-bond donors (Lipinski definition) is 2. The summed E-state index contributed by atoms with van der Waals surface area (Å²) in [5.41, 5.74) is 0.844. The predicted octanol–water partition coefficient (Wildman–Crippen LogP) is 0.707. The molecule has 0 amide bonds.